The molecule has 0 saturated heterocycles. The number of nitrogens with zero attached hydrogens (tertiary/aromatic N) is 1. The van der Waals surface area contributed by atoms with Gasteiger partial charge in [0.1, 0.15) is 6.61 Å². The predicted octanol–water partition coefficient (Wildman–Crippen LogP) is 6.13. The summed E-state index contributed by atoms with van der Waals surface area (Å²) in [6.07, 6.45) is -4.54. The second-order valence-corrected chi connectivity index (χ2v) is 10.3. The zero-order valence-electron chi connectivity index (χ0n) is 23.7. The number of carbonyl (C=O) groups excluding carboxylic acids is 4. The van der Waals surface area contributed by atoms with Gasteiger partial charge in [0.2, 0.25) is 0 Å². The molecule has 0 aromatic heterocycles. The molecule has 1 aliphatic rings. The molecule has 3 aromatic carbocycles. The smallest absolute Gasteiger partial charge is 0.461 e. The van der Waals surface area contributed by atoms with Crippen molar-refractivity contribution in [1.29, 1.82) is 0 Å². The van der Waals surface area contributed by atoms with Crippen molar-refractivity contribution < 1.29 is 41.8 Å². The van der Waals surface area contributed by atoms with Crippen molar-refractivity contribution in [1.82, 2.24) is 10.4 Å². The molecule has 3 aromatic rings. The lowest BCUT2D eigenvalue weighted by Gasteiger charge is -2.34. The van der Waals surface area contributed by atoms with Crippen LogP contribution >= 0.6 is 0 Å². The van der Waals surface area contributed by atoms with E-state index in [2.05, 4.69) is 10.7 Å². The normalized spacial score (nSPS) is 16.4. The van der Waals surface area contributed by atoms with E-state index < -0.39 is 49.1 Å². The van der Waals surface area contributed by atoms with Gasteiger partial charge in [0.25, 0.3) is 0 Å². The van der Waals surface area contributed by atoms with Crippen LogP contribution in [0.25, 0.3) is 0 Å². The SMILES string of the molecule is O=C(CCN(NC1CCC(c2ccccc2NC(=O)OC(=O)c2ccccc2)CC1)C(=O)C(F)(F)F)OCc1ccccc1. The van der Waals surface area contributed by atoms with E-state index in [0.717, 1.165) is 11.1 Å². The Labute approximate surface area is 252 Å². The number of alkyl halides is 3. The molecule has 0 heterocycles. The second-order valence-electron chi connectivity index (χ2n) is 10.3. The van der Waals surface area contributed by atoms with Crippen LogP contribution in [0.15, 0.2) is 84.9 Å². The number of benzene rings is 3. The molecular formula is C32H32F3N3O6. The molecule has 1 fully saturated rings. The third kappa shape index (κ3) is 9.40. The summed E-state index contributed by atoms with van der Waals surface area (Å²) in [6, 6.07) is 23.5. The molecule has 232 valence electrons. The van der Waals surface area contributed by atoms with Crippen molar-refractivity contribution in [3.63, 3.8) is 0 Å². The Hall–Kier alpha value is -4.71. The maximum Gasteiger partial charge on any atom is 0.472 e. The summed E-state index contributed by atoms with van der Waals surface area (Å²) in [5.74, 6) is -3.66. The zero-order chi connectivity index (χ0) is 31.5. The number of para-hydroxylation sites is 1. The molecule has 0 bridgehead atoms. The fraction of sp³-hybridized carbons (Fsp3) is 0.312. The van der Waals surface area contributed by atoms with Gasteiger partial charge in [0.05, 0.1) is 12.0 Å². The van der Waals surface area contributed by atoms with Crippen LogP contribution in [-0.4, -0.2) is 47.7 Å². The topological polar surface area (TPSA) is 114 Å². The van der Waals surface area contributed by atoms with Crippen molar-refractivity contribution in [2.75, 3.05) is 11.9 Å². The predicted molar refractivity (Wildman–Crippen MR) is 154 cm³/mol. The highest BCUT2D eigenvalue weighted by Crippen LogP contribution is 2.37. The van der Waals surface area contributed by atoms with Gasteiger partial charge in [0, 0.05) is 18.3 Å². The highest BCUT2D eigenvalue weighted by atomic mass is 19.4. The fourth-order valence-corrected chi connectivity index (χ4v) is 4.96. The standard InChI is InChI=1S/C32H32F3N3O6/c33-32(34,35)30(41)38(20-19-28(39)43-21-22-9-3-1-4-10-22)37-25-17-15-23(16-18-25)26-13-7-8-14-27(26)36-31(42)44-29(40)24-11-5-2-6-12-24/h1-14,23,25,37H,15-21H2,(H,36,42). The number of esters is 2. The van der Waals surface area contributed by atoms with E-state index in [4.69, 9.17) is 9.47 Å². The van der Waals surface area contributed by atoms with Crippen molar-refractivity contribution in [2.45, 2.75) is 56.8 Å². The summed E-state index contributed by atoms with van der Waals surface area (Å²) in [4.78, 5) is 49.0. The Kier molecular flexibility index (Phi) is 11.1. The summed E-state index contributed by atoms with van der Waals surface area (Å²) < 4.78 is 50.1. The second kappa shape index (κ2) is 15.1. The molecule has 0 spiro atoms. The van der Waals surface area contributed by atoms with Crippen LogP contribution in [0.1, 0.15) is 59.5 Å². The van der Waals surface area contributed by atoms with Crippen LogP contribution in [0.4, 0.5) is 23.7 Å². The first-order valence-corrected chi connectivity index (χ1v) is 14.1. The van der Waals surface area contributed by atoms with Crippen LogP contribution in [0, 0.1) is 0 Å². The van der Waals surface area contributed by atoms with Gasteiger partial charge in [0.15, 0.2) is 0 Å². The summed E-state index contributed by atoms with van der Waals surface area (Å²) in [5, 5.41) is 3.06. The van der Waals surface area contributed by atoms with Gasteiger partial charge in [-0.15, -0.1) is 0 Å². The first-order valence-electron chi connectivity index (χ1n) is 14.1. The Morgan fingerprint density at radius 1 is 0.818 bits per heavy atom. The van der Waals surface area contributed by atoms with Crippen molar-refractivity contribution in [2.24, 2.45) is 0 Å². The summed E-state index contributed by atoms with van der Waals surface area (Å²) in [6.45, 7) is -0.538. The number of anilines is 1. The fourth-order valence-electron chi connectivity index (χ4n) is 4.96. The number of amides is 2. The molecule has 1 aliphatic carbocycles. The number of halogens is 3. The van der Waals surface area contributed by atoms with Crippen LogP contribution in [-0.2, 0) is 25.7 Å². The highest BCUT2D eigenvalue weighted by Gasteiger charge is 2.43. The maximum absolute atomic E-state index is 13.3. The Morgan fingerprint density at radius 2 is 1.43 bits per heavy atom. The lowest BCUT2D eigenvalue weighted by molar-refractivity contribution is -0.190. The van der Waals surface area contributed by atoms with Gasteiger partial charge in [-0.25, -0.2) is 15.0 Å². The minimum Gasteiger partial charge on any atom is -0.461 e. The van der Waals surface area contributed by atoms with Gasteiger partial charge in [-0.2, -0.15) is 13.2 Å². The third-order valence-corrected chi connectivity index (χ3v) is 7.17. The number of nitrogens with one attached hydrogen (secondary N) is 2. The van der Waals surface area contributed by atoms with E-state index in [-0.39, 0.29) is 18.1 Å². The molecule has 44 heavy (non-hydrogen) atoms. The summed E-state index contributed by atoms with van der Waals surface area (Å²) in [7, 11) is 0. The molecule has 0 atom stereocenters. The molecule has 2 amide bonds. The van der Waals surface area contributed by atoms with E-state index >= 15 is 0 Å². The number of ether oxygens (including phenoxy) is 2. The van der Waals surface area contributed by atoms with Crippen LogP contribution < -0.4 is 10.7 Å². The average Bonchev–Trinajstić information content (AvgIpc) is 3.02. The lowest BCUT2D eigenvalue weighted by atomic mass is 9.81. The van der Waals surface area contributed by atoms with Crippen LogP contribution in [0.2, 0.25) is 0 Å². The number of hydrogen-bond donors (Lipinski definition) is 2. The van der Waals surface area contributed by atoms with Gasteiger partial charge >= 0.3 is 30.1 Å². The van der Waals surface area contributed by atoms with Crippen LogP contribution in [0.5, 0.6) is 0 Å². The number of hydrogen-bond acceptors (Lipinski definition) is 7. The molecule has 0 aliphatic heterocycles. The van der Waals surface area contributed by atoms with E-state index in [0.29, 0.717) is 36.4 Å². The maximum atomic E-state index is 13.3. The first-order chi connectivity index (χ1) is 21.1. The minimum absolute atomic E-state index is 0.0261. The van der Waals surface area contributed by atoms with Gasteiger partial charge in [-0.1, -0.05) is 66.7 Å². The average molecular weight is 612 g/mol. The lowest BCUT2D eigenvalue weighted by Crippen LogP contribution is -2.54. The quantitative estimate of drug-likeness (QED) is 0.161. The number of carbonyl (C=O) groups is 4. The third-order valence-electron chi connectivity index (χ3n) is 7.17. The van der Waals surface area contributed by atoms with Crippen molar-refractivity contribution in [3.8, 4) is 0 Å². The van der Waals surface area contributed by atoms with Crippen molar-refractivity contribution in [3.05, 3.63) is 102 Å². The molecule has 0 radical (unpaired) electrons. The Morgan fingerprint density at radius 3 is 2.09 bits per heavy atom. The van der Waals surface area contributed by atoms with E-state index in [1.165, 1.54) is 12.1 Å². The monoisotopic (exact) mass is 611 g/mol. The number of rotatable bonds is 10. The minimum atomic E-state index is -5.13. The largest absolute Gasteiger partial charge is 0.472 e. The zero-order valence-corrected chi connectivity index (χ0v) is 23.7. The molecule has 2 N–H and O–H groups in total. The first kappa shape index (κ1) is 32.2. The van der Waals surface area contributed by atoms with E-state index in [1.807, 2.05) is 6.07 Å². The molecule has 1 saturated carbocycles. The molecular weight excluding hydrogens is 579 g/mol. The Balaban J connectivity index is 1.31. The summed E-state index contributed by atoms with van der Waals surface area (Å²) in [5.41, 5.74) is 4.88. The van der Waals surface area contributed by atoms with Gasteiger partial charge in [-0.3, -0.25) is 19.9 Å². The molecule has 12 heteroatoms. The number of hydrazine groups is 1. The summed E-state index contributed by atoms with van der Waals surface area (Å²) >= 11 is 0. The van der Waals surface area contributed by atoms with Gasteiger partial charge in [-0.05, 0) is 60.9 Å². The van der Waals surface area contributed by atoms with Gasteiger partial charge < -0.3 is 9.47 Å². The van der Waals surface area contributed by atoms with E-state index in [1.54, 1.807) is 66.7 Å². The Bertz CT molecular complexity index is 1430. The highest BCUT2D eigenvalue weighted by molar-refractivity contribution is 6.00. The van der Waals surface area contributed by atoms with Crippen molar-refractivity contribution >= 4 is 29.6 Å². The van der Waals surface area contributed by atoms with E-state index in [9.17, 15) is 32.3 Å². The molecule has 9 nitrogen and oxygen atoms in total. The molecule has 4 rings (SSSR count). The molecule has 0 unspecified atom stereocenters. The van der Waals surface area contributed by atoms with Crippen LogP contribution in [0.3, 0.4) is 0 Å².